The van der Waals surface area contributed by atoms with Gasteiger partial charge in [0.25, 0.3) is 0 Å². The standard InChI is InChI=1S/C21H21BrClN3O4/c22-19-11-17(30-25-19)12-26(21(28)29-13-15-4-2-1-3-5-15)20(27)18(24)10-14-6-8-16(23)9-7-14/h1-9,17-18H,10-13,24H2/t17?,18-/m1/s1. The molecule has 0 aromatic heterocycles. The van der Waals surface area contributed by atoms with Gasteiger partial charge in [-0.05, 0) is 45.6 Å². The Morgan fingerprint density at radius 2 is 1.90 bits per heavy atom. The summed E-state index contributed by atoms with van der Waals surface area (Å²) in [6, 6.07) is 15.3. The van der Waals surface area contributed by atoms with Crippen LogP contribution in [0.4, 0.5) is 4.79 Å². The Morgan fingerprint density at radius 1 is 1.20 bits per heavy atom. The maximum absolute atomic E-state index is 13.0. The molecule has 2 aromatic rings. The van der Waals surface area contributed by atoms with E-state index in [2.05, 4.69) is 21.1 Å². The fraction of sp³-hybridized carbons (Fsp3) is 0.286. The van der Waals surface area contributed by atoms with Crippen molar-refractivity contribution < 1.29 is 19.2 Å². The molecular weight excluding hydrogens is 474 g/mol. The molecule has 158 valence electrons. The van der Waals surface area contributed by atoms with E-state index in [4.69, 9.17) is 26.9 Å². The Labute approximate surface area is 187 Å². The average molecular weight is 495 g/mol. The molecule has 9 heteroatoms. The molecule has 1 unspecified atom stereocenters. The number of nitrogens with zero attached hydrogens (tertiary/aromatic N) is 2. The molecule has 2 aromatic carbocycles. The van der Waals surface area contributed by atoms with Crippen LogP contribution in [0.2, 0.25) is 5.02 Å². The number of hydrogen-bond donors (Lipinski definition) is 1. The molecule has 3 rings (SSSR count). The van der Waals surface area contributed by atoms with Gasteiger partial charge in [0.15, 0.2) is 6.10 Å². The summed E-state index contributed by atoms with van der Waals surface area (Å²) in [6.45, 7) is 0.0287. The van der Waals surface area contributed by atoms with Gasteiger partial charge in [-0.25, -0.2) is 9.69 Å². The van der Waals surface area contributed by atoms with E-state index < -0.39 is 24.1 Å². The third kappa shape index (κ3) is 6.29. The number of carbonyl (C=O) groups is 2. The maximum atomic E-state index is 13.0. The summed E-state index contributed by atoms with van der Waals surface area (Å²) in [7, 11) is 0. The number of rotatable bonds is 7. The summed E-state index contributed by atoms with van der Waals surface area (Å²) < 4.78 is 5.97. The number of nitrogens with two attached hydrogens (primary N) is 1. The van der Waals surface area contributed by atoms with Crippen molar-refractivity contribution in [3.63, 3.8) is 0 Å². The first-order valence-corrected chi connectivity index (χ1v) is 10.5. The molecular formula is C21H21BrClN3O4. The van der Waals surface area contributed by atoms with Crippen LogP contribution in [0.3, 0.4) is 0 Å². The highest BCUT2D eigenvalue weighted by atomic mass is 79.9. The van der Waals surface area contributed by atoms with Gasteiger partial charge in [-0.15, -0.1) is 0 Å². The smallest absolute Gasteiger partial charge is 0.417 e. The lowest BCUT2D eigenvalue weighted by Gasteiger charge is -2.25. The van der Waals surface area contributed by atoms with Crippen LogP contribution in [0.5, 0.6) is 0 Å². The van der Waals surface area contributed by atoms with Gasteiger partial charge in [-0.1, -0.05) is 59.2 Å². The highest BCUT2D eigenvalue weighted by Crippen LogP contribution is 2.18. The van der Waals surface area contributed by atoms with Crippen LogP contribution in [-0.4, -0.2) is 40.2 Å². The highest BCUT2D eigenvalue weighted by molar-refractivity contribution is 9.18. The molecule has 0 bridgehead atoms. The first kappa shape index (κ1) is 22.3. The van der Waals surface area contributed by atoms with Crippen molar-refractivity contribution >= 4 is 44.2 Å². The molecule has 0 saturated carbocycles. The van der Waals surface area contributed by atoms with E-state index in [1.807, 2.05) is 30.3 Å². The molecule has 7 nitrogen and oxygen atoms in total. The van der Waals surface area contributed by atoms with E-state index in [9.17, 15) is 9.59 Å². The number of carbonyl (C=O) groups excluding carboxylic acids is 2. The van der Waals surface area contributed by atoms with Gasteiger partial charge in [0.05, 0.1) is 12.6 Å². The van der Waals surface area contributed by atoms with Gasteiger partial charge < -0.3 is 15.3 Å². The zero-order valence-corrected chi connectivity index (χ0v) is 18.4. The third-order valence-electron chi connectivity index (χ3n) is 4.46. The van der Waals surface area contributed by atoms with Gasteiger partial charge in [-0.2, -0.15) is 0 Å². The molecule has 2 N–H and O–H groups in total. The molecule has 0 saturated heterocycles. The second-order valence-corrected chi connectivity index (χ2v) is 8.18. The second-order valence-electron chi connectivity index (χ2n) is 6.83. The molecule has 1 aliphatic heterocycles. The minimum absolute atomic E-state index is 0.0145. The predicted molar refractivity (Wildman–Crippen MR) is 117 cm³/mol. The minimum atomic E-state index is -0.929. The summed E-state index contributed by atoms with van der Waals surface area (Å²) in [6.07, 6.45) is -0.538. The summed E-state index contributed by atoms with van der Waals surface area (Å²) in [5.41, 5.74) is 7.77. The zero-order valence-electron chi connectivity index (χ0n) is 16.0. The normalized spacial score (nSPS) is 16.4. The van der Waals surface area contributed by atoms with E-state index >= 15 is 0 Å². The fourth-order valence-corrected chi connectivity index (χ4v) is 3.48. The second kappa shape index (κ2) is 10.6. The number of oxime groups is 1. The first-order valence-electron chi connectivity index (χ1n) is 9.32. The summed E-state index contributed by atoms with van der Waals surface area (Å²) >= 11 is 9.15. The van der Waals surface area contributed by atoms with Crippen molar-refractivity contribution in [2.75, 3.05) is 6.54 Å². The van der Waals surface area contributed by atoms with Crippen molar-refractivity contribution in [3.8, 4) is 0 Å². The minimum Gasteiger partial charge on any atom is -0.444 e. The monoisotopic (exact) mass is 493 g/mol. The van der Waals surface area contributed by atoms with E-state index in [1.54, 1.807) is 24.3 Å². The van der Waals surface area contributed by atoms with Gasteiger partial charge >= 0.3 is 6.09 Å². The van der Waals surface area contributed by atoms with Crippen LogP contribution in [0, 0.1) is 0 Å². The zero-order chi connectivity index (χ0) is 21.5. The molecule has 1 heterocycles. The number of halogens is 2. The molecule has 2 atom stereocenters. The summed E-state index contributed by atoms with van der Waals surface area (Å²) in [5, 5.41) is 4.39. The number of imide groups is 1. The molecule has 2 amide bonds. The third-order valence-corrected chi connectivity index (χ3v) is 5.18. The quantitative estimate of drug-likeness (QED) is 0.630. The Kier molecular flexibility index (Phi) is 7.84. The largest absolute Gasteiger partial charge is 0.444 e. The molecule has 0 spiro atoms. The maximum Gasteiger partial charge on any atom is 0.417 e. The molecule has 0 radical (unpaired) electrons. The Bertz CT molecular complexity index is 908. The van der Waals surface area contributed by atoms with Gasteiger partial charge in [0.2, 0.25) is 5.91 Å². The number of ether oxygens (including phenoxy) is 1. The average Bonchev–Trinajstić information content (AvgIpc) is 3.17. The molecule has 0 aliphatic carbocycles. The number of hydrogen-bond acceptors (Lipinski definition) is 6. The Balaban J connectivity index is 1.67. The lowest BCUT2D eigenvalue weighted by atomic mass is 10.1. The van der Waals surface area contributed by atoms with Crippen molar-refractivity contribution in [2.24, 2.45) is 10.9 Å². The van der Waals surface area contributed by atoms with Crippen LogP contribution in [0.15, 0.2) is 59.8 Å². The van der Waals surface area contributed by atoms with Crippen LogP contribution in [0.25, 0.3) is 0 Å². The number of benzene rings is 2. The molecule has 30 heavy (non-hydrogen) atoms. The lowest BCUT2D eigenvalue weighted by molar-refractivity contribution is -0.132. The van der Waals surface area contributed by atoms with E-state index in [0.717, 1.165) is 16.0 Å². The summed E-state index contributed by atoms with van der Waals surface area (Å²) in [4.78, 5) is 32.0. The fourth-order valence-electron chi connectivity index (χ4n) is 2.91. The van der Waals surface area contributed by atoms with Crippen LogP contribution >= 0.6 is 27.5 Å². The summed E-state index contributed by atoms with van der Waals surface area (Å²) in [5.74, 6) is -0.547. The topological polar surface area (TPSA) is 94.2 Å². The highest BCUT2D eigenvalue weighted by Gasteiger charge is 2.33. The van der Waals surface area contributed by atoms with Crippen molar-refractivity contribution in [2.45, 2.75) is 31.6 Å². The van der Waals surface area contributed by atoms with Gasteiger partial charge in [-0.3, -0.25) is 4.79 Å². The van der Waals surface area contributed by atoms with E-state index in [-0.39, 0.29) is 19.6 Å². The van der Waals surface area contributed by atoms with Gasteiger partial charge in [0, 0.05) is 11.4 Å². The molecule has 1 aliphatic rings. The Morgan fingerprint density at radius 3 is 2.53 bits per heavy atom. The first-order chi connectivity index (χ1) is 14.4. The number of amides is 2. The van der Waals surface area contributed by atoms with Crippen molar-refractivity contribution in [3.05, 3.63) is 70.7 Å². The van der Waals surface area contributed by atoms with Crippen molar-refractivity contribution in [1.29, 1.82) is 0 Å². The van der Waals surface area contributed by atoms with E-state index in [1.165, 1.54) is 0 Å². The van der Waals surface area contributed by atoms with Crippen molar-refractivity contribution in [1.82, 2.24) is 4.90 Å². The SMILES string of the molecule is N[C@H](Cc1ccc(Cl)cc1)C(=O)N(CC1CC(Br)=NO1)C(=O)OCc1ccccc1. The molecule has 0 fully saturated rings. The van der Waals surface area contributed by atoms with Crippen LogP contribution in [0.1, 0.15) is 17.5 Å². The van der Waals surface area contributed by atoms with Crippen LogP contribution in [-0.2, 0) is 27.4 Å². The Hall–Kier alpha value is -2.42. The van der Waals surface area contributed by atoms with E-state index in [0.29, 0.717) is 16.1 Å². The lowest BCUT2D eigenvalue weighted by Crippen LogP contribution is -2.50. The van der Waals surface area contributed by atoms with Gasteiger partial charge in [0.1, 0.15) is 11.2 Å². The predicted octanol–water partition coefficient (Wildman–Crippen LogP) is 3.87. The van der Waals surface area contributed by atoms with Crippen LogP contribution < -0.4 is 5.73 Å².